The van der Waals surface area contributed by atoms with Gasteiger partial charge in [0, 0.05) is 11.3 Å². The van der Waals surface area contributed by atoms with Crippen molar-refractivity contribution in [3.63, 3.8) is 0 Å². The summed E-state index contributed by atoms with van der Waals surface area (Å²) in [5.41, 5.74) is -1.40. The van der Waals surface area contributed by atoms with Gasteiger partial charge < -0.3 is 40.5 Å². The molecule has 4 fully saturated rings. The maximum atomic E-state index is 14.6. The van der Waals surface area contributed by atoms with Gasteiger partial charge in [0.15, 0.2) is 11.9 Å². The number of allylic oxidation sites excluding steroid dienone is 2. The van der Waals surface area contributed by atoms with Crippen molar-refractivity contribution in [1.29, 1.82) is 0 Å². The summed E-state index contributed by atoms with van der Waals surface area (Å²) in [5.74, 6) is -2.12. The van der Waals surface area contributed by atoms with E-state index >= 15 is 0 Å². The van der Waals surface area contributed by atoms with E-state index in [1.165, 1.54) is 0 Å². The van der Waals surface area contributed by atoms with Gasteiger partial charge in [-0.1, -0.05) is 47.1 Å². The lowest BCUT2D eigenvalue weighted by molar-refractivity contribution is -0.217. The summed E-state index contributed by atoms with van der Waals surface area (Å²) in [7, 11) is 0. The number of aliphatic carboxylic acids is 1. The number of aliphatic hydroxyl groups excluding tert-OH is 6. The van der Waals surface area contributed by atoms with Crippen LogP contribution in [0.3, 0.4) is 0 Å². The van der Waals surface area contributed by atoms with Crippen LogP contribution >= 0.6 is 0 Å². The van der Waals surface area contributed by atoms with Gasteiger partial charge in [-0.05, 0) is 104 Å². The van der Waals surface area contributed by atoms with E-state index in [2.05, 4.69) is 27.7 Å². The van der Waals surface area contributed by atoms with Gasteiger partial charge in [0.2, 0.25) is 0 Å². The molecule has 14 atom stereocenters. The van der Waals surface area contributed by atoms with Crippen molar-refractivity contribution < 1.29 is 54.9 Å². The smallest absolute Gasteiger partial charge is 0.338 e. The Hall–Kier alpha value is -1.89. The third kappa shape index (κ3) is 5.32. The van der Waals surface area contributed by atoms with Crippen molar-refractivity contribution in [3.05, 3.63) is 11.6 Å². The van der Waals surface area contributed by atoms with Gasteiger partial charge in [-0.2, -0.15) is 0 Å². The van der Waals surface area contributed by atoms with E-state index in [-0.39, 0.29) is 39.8 Å². The molecule has 0 aromatic rings. The Morgan fingerprint density at radius 1 is 0.854 bits per heavy atom. The van der Waals surface area contributed by atoms with Gasteiger partial charge in [0.25, 0.3) is 0 Å². The molecule has 0 radical (unpaired) electrons. The Bertz CT molecular complexity index is 1340. The Balaban J connectivity index is 1.41. The van der Waals surface area contributed by atoms with Crippen molar-refractivity contribution in [2.45, 2.75) is 143 Å². The highest BCUT2D eigenvalue weighted by Crippen LogP contribution is 2.75. The number of aliphatic hydroxyl groups is 6. The second-order valence-corrected chi connectivity index (χ2v) is 18.0. The molecule has 5 rings (SSSR count). The SMILES string of the molecule is CC1(C)C2CC[C@]3(C)[C@H](C(=O)C=C4[C@H]5C[C@@](C)(C(=O)O)CC[C@]5(C)CC[C@]43C)[C@@]2(C)CC[C@@H]1OC(=O)[C@@H](O)[C@@H](O)[C@H](O)[C@H](O)[C@@H](O)CO. The molecule has 0 aromatic carbocycles. The van der Waals surface area contributed by atoms with Crippen LogP contribution in [0.25, 0.3) is 0 Å². The van der Waals surface area contributed by atoms with Gasteiger partial charge in [0.05, 0.1) is 12.0 Å². The summed E-state index contributed by atoms with van der Waals surface area (Å²) in [6.07, 6.45) is -2.55. The van der Waals surface area contributed by atoms with E-state index in [1.54, 1.807) is 0 Å². The zero-order valence-electron chi connectivity index (χ0n) is 29.6. The van der Waals surface area contributed by atoms with Gasteiger partial charge in [-0.25, -0.2) is 4.79 Å². The number of fused-ring (bicyclic) bond motifs is 7. The first kappa shape index (κ1) is 37.4. The standard InChI is InChI=1S/C37H58O11/c1-32(2)23-8-11-37(7)29(21(39)16-19-20-17-34(4,31(46)47)13-12-33(20,3)14-15-36(19,37)6)35(23,5)10-9-24(32)48-30(45)28(44)27(43)26(42)25(41)22(40)18-38/h16,20,22-29,38,40-44H,8-15,17-18H2,1-7H3,(H,46,47)/t20-,22+,23?,24+,25-,26-,27+,28+,29-,33-,34+,35+,36-,37-/m1/s1. The van der Waals surface area contributed by atoms with E-state index < -0.39 is 71.4 Å². The van der Waals surface area contributed by atoms with Gasteiger partial charge in [-0.3, -0.25) is 9.59 Å². The van der Waals surface area contributed by atoms with Crippen LogP contribution in [0.2, 0.25) is 0 Å². The number of carbonyl (C=O) groups excluding carboxylic acids is 2. The Labute approximate surface area is 283 Å². The second kappa shape index (κ2) is 12.1. The first-order chi connectivity index (χ1) is 22.0. The number of hydrogen-bond acceptors (Lipinski definition) is 10. The fourth-order valence-electron chi connectivity index (χ4n) is 11.6. The molecule has 4 saturated carbocycles. The predicted octanol–water partition coefficient (Wildman–Crippen LogP) is 2.76. The van der Waals surface area contributed by atoms with Crippen LogP contribution in [-0.2, 0) is 19.1 Å². The molecule has 0 amide bonds. The van der Waals surface area contributed by atoms with Crippen LogP contribution in [0.15, 0.2) is 11.6 Å². The molecule has 11 nitrogen and oxygen atoms in total. The third-order valence-electron chi connectivity index (χ3n) is 15.1. The normalized spacial score (nSPS) is 45.1. The molecule has 48 heavy (non-hydrogen) atoms. The largest absolute Gasteiger partial charge is 0.481 e. The minimum absolute atomic E-state index is 0.0230. The van der Waals surface area contributed by atoms with E-state index in [0.29, 0.717) is 25.7 Å². The zero-order chi connectivity index (χ0) is 36.0. The predicted molar refractivity (Wildman–Crippen MR) is 174 cm³/mol. The average Bonchev–Trinajstić information content (AvgIpc) is 3.02. The van der Waals surface area contributed by atoms with Crippen molar-refractivity contribution >= 4 is 17.7 Å². The van der Waals surface area contributed by atoms with E-state index in [0.717, 1.165) is 37.7 Å². The molecule has 0 spiro atoms. The highest BCUT2D eigenvalue weighted by atomic mass is 16.6. The maximum Gasteiger partial charge on any atom is 0.338 e. The van der Waals surface area contributed by atoms with Crippen molar-refractivity contribution in [1.82, 2.24) is 0 Å². The molecule has 0 heterocycles. The lowest BCUT2D eigenvalue weighted by Gasteiger charge is -2.70. The van der Waals surface area contributed by atoms with E-state index in [1.807, 2.05) is 26.8 Å². The Morgan fingerprint density at radius 3 is 2.08 bits per heavy atom. The quantitative estimate of drug-likeness (QED) is 0.186. The molecule has 7 N–H and O–H groups in total. The number of carboxylic acids is 1. The van der Waals surface area contributed by atoms with Crippen LogP contribution < -0.4 is 0 Å². The molecule has 1 unspecified atom stereocenters. The van der Waals surface area contributed by atoms with Gasteiger partial charge in [0.1, 0.15) is 30.5 Å². The molecule has 0 aromatic heterocycles. The average molecular weight is 679 g/mol. The number of rotatable bonds is 8. The molecule has 5 aliphatic carbocycles. The molecular formula is C37H58O11. The zero-order valence-corrected chi connectivity index (χ0v) is 29.6. The van der Waals surface area contributed by atoms with Crippen LogP contribution in [0, 0.1) is 50.2 Å². The summed E-state index contributed by atoms with van der Waals surface area (Å²) in [4.78, 5) is 40.0. The molecular weight excluding hydrogens is 620 g/mol. The fourth-order valence-corrected chi connectivity index (χ4v) is 11.6. The molecule has 0 saturated heterocycles. The van der Waals surface area contributed by atoms with E-state index in [4.69, 9.17) is 9.84 Å². The molecule has 272 valence electrons. The first-order valence-electron chi connectivity index (χ1n) is 17.7. The van der Waals surface area contributed by atoms with Crippen LogP contribution in [0.1, 0.15) is 106 Å². The van der Waals surface area contributed by atoms with Crippen molar-refractivity contribution in [2.24, 2.45) is 50.2 Å². The van der Waals surface area contributed by atoms with Crippen LogP contribution in [0.5, 0.6) is 0 Å². The Morgan fingerprint density at radius 2 is 1.48 bits per heavy atom. The van der Waals surface area contributed by atoms with Gasteiger partial charge in [-0.15, -0.1) is 0 Å². The monoisotopic (exact) mass is 678 g/mol. The number of esters is 1. The number of ether oxygens (including phenoxy) is 1. The third-order valence-corrected chi connectivity index (χ3v) is 15.1. The summed E-state index contributed by atoms with van der Waals surface area (Å²) in [6, 6.07) is 0. The highest BCUT2D eigenvalue weighted by molar-refractivity contribution is 5.95. The molecule has 0 bridgehead atoms. The molecule has 5 aliphatic rings. The first-order valence-corrected chi connectivity index (χ1v) is 17.7. The van der Waals surface area contributed by atoms with Crippen molar-refractivity contribution in [2.75, 3.05) is 6.61 Å². The number of carbonyl (C=O) groups is 3. The summed E-state index contributed by atoms with van der Waals surface area (Å²) >= 11 is 0. The topological polar surface area (TPSA) is 202 Å². The summed E-state index contributed by atoms with van der Waals surface area (Å²) < 4.78 is 5.80. The number of ketones is 1. The van der Waals surface area contributed by atoms with E-state index in [9.17, 15) is 45.0 Å². The van der Waals surface area contributed by atoms with Crippen LogP contribution in [0.4, 0.5) is 0 Å². The molecule has 11 heteroatoms. The molecule has 0 aliphatic heterocycles. The minimum Gasteiger partial charge on any atom is -0.481 e. The number of carboxylic acid groups (broad SMARTS) is 1. The minimum atomic E-state index is -2.21. The van der Waals surface area contributed by atoms with Crippen molar-refractivity contribution in [3.8, 4) is 0 Å². The Kier molecular flexibility index (Phi) is 9.43. The number of hydrogen-bond donors (Lipinski definition) is 7. The highest BCUT2D eigenvalue weighted by Gasteiger charge is 2.70. The second-order valence-electron chi connectivity index (χ2n) is 18.0. The lowest BCUT2D eigenvalue weighted by atomic mass is 9.33. The summed E-state index contributed by atoms with van der Waals surface area (Å²) in [6.45, 7) is 14.0. The lowest BCUT2D eigenvalue weighted by Crippen LogP contribution is -2.67. The fraction of sp³-hybridized carbons (Fsp3) is 0.865. The van der Waals surface area contributed by atoms with Gasteiger partial charge >= 0.3 is 11.9 Å². The van der Waals surface area contributed by atoms with Crippen LogP contribution in [-0.4, -0.2) is 96.7 Å². The summed E-state index contributed by atoms with van der Waals surface area (Å²) in [5, 5.41) is 69.9. The maximum absolute atomic E-state index is 14.6.